The van der Waals surface area contributed by atoms with Gasteiger partial charge in [-0.05, 0) is 6.42 Å². The van der Waals surface area contributed by atoms with Gasteiger partial charge < -0.3 is 19.7 Å². The van der Waals surface area contributed by atoms with Crippen molar-refractivity contribution in [2.24, 2.45) is 5.41 Å². The topological polar surface area (TPSA) is 69.2 Å². The molecular weight excluding hydrogens is 208 g/mol. The van der Waals surface area contributed by atoms with Gasteiger partial charge in [0.25, 0.3) is 0 Å². The molecule has 1 N–H and O–H groups in total. The minimum absolute atomic E-state index is 0.0560. The lowest BCUT2D eigenvalue weighted by atomic mass is 9.89. The number of carboxylic acids is 1. The molecule has 0 aromatic heterocycles. The summed E-state index contributed by atoms with van der Waals surface area (Å²) < 4.78 is 0.174. The van der Waals surface area contributed by atoms with E-state index in [1.54, 1.807) is 14.1 Å². The van der Waals surface area contributed by atoms with E-state index >= 15 is 0 Å². The summed E-state index contributed by atoms with van der Waals surface area (Å²) in [7, 11) is 3.46. The summed E-state index contributed by atoms with van der Waals surface area (Å²) in [5.41, 5.74) is -0.415. The van der Waals surface area contributed by atoms with Crippen molar-refractivity contribution in [3.8, 4) is 0 Å². The molecule has 5 heteroatoms. The van der Waals surface area contributed by atoms with Crippen molar-refractivity contribution in [1.82, 2.24) is 5.32 Å². The van der Waals surface area contributed by atoms with Crippen LogP contribution < -0.4 is 10.4 Å². The van der Waals surface area contributed by atoms with Crippen molar-refractivity contribution in [2.45, 2.75) is 27.2 Å². The van der Waals surface area contributed by atoms with Crippen molar-refractivity contribution in [3.05, 3.63) is 0 Å². The Morgan fingerprint density at radius 2 is 1.81 bits per heavy atom. The minimum atomic E-state index is -1.12. The van der Waals surface area contributed by atoms with Gasteiger partial charge in [0.1, 0.15) is 6.54 Å². The number of carbonyl (C=O) groups is 2. The number of rotatable bonds is 6. The highest BCUT2D eigenvalue weighted by molar-refractivity contribution is 5.81. The number of likely N-dealkylation sites (N-methyl/N-ethyl adjacent to an activating group) is 1. The van der Waals surface area contributed by atoms with Crippen LogP contribution >= 0.6 is 0 Å². The van der Waals surface area contributed by atoms with E-state index in [0.717, 1.165) is 6.42 Å². The quantitative estimate of drug-likeness (QED) is 0.485. The Labute approximate surface area is 97.0 Å². The summed E-state index contributed by atoms with van der Waals surface area (Å²) in [4.78, 5) is 22.2. The van der Waals surface area contributed by atoms with Gasteiger partial charge in [0.15, 0.2) is 6.67 Å². The van der Waals surface area contributed by atoms with Gasteiger partial charge in [0.2, 0.25) is 5.91 Å². The lowest BCUT2D eigenvalue weighted by Gasteiger charge is -2.31. The first-order valence-corrected chi connectivity index (χ1v) is 5.41. The number of carboxylic acid groups (broad SMARTS) is 1. The molecule has 0 saturated carbocycles. The maximum absolute atomic E-state index is 11.7. The molecule has 0 rings (SSSR count). The normalized spacial score (nSPS) is 12.3. The number of amides is 1. The number of nitrogens with zero attached hydrogens (tertiary/aromatic N) is 1. The van der Waals surface area contributed by atoms with Crippen LogP contribution in [0.4, 0.5) is 0 Å². The predicted octanol–water partition coefficient (Wildman–Crippen LogP) is -0.677. The van der Waals surface area contributed by atoms with Crippen LogP contribution in [-0.2, 0) is 9.59 Å². The molecule has 0 aromatic carbocycles. The average Bonchev–Trinajstić information content (AvgIpc) is 2.12. The average molecular weight is 230 g/mol. The molecule has 94 valence electrons. The summed E-state index contributed by atoms with van der Waals surface area (Å²) in [5.74, 6) is -1.17. The summed E-state index contributed by atoms with van der Waals surface area (Å²) in [6, 6.07) is 0. The van der Waals surface area contributed by atoms with Gasteiger partial charge in [0.05, 0.1) is 20.1 Å². The second-order valence-corrected chi connectivity index (χ2v) is 5.37. The summed E-state index contributed by atoms with van der Waals surface area (Å²) >= 11 is 0. The zero-order chi connectivity index (χ0) is 13.0. The van der Waals surface area contributed by atoms with Gasteiger partial charge in [-0.25, -0.2) is 0 Å². The number of aliphatic carboxylic acids is 1. The fourth-order valence-electron chi connectivity index (χ4n) is 1.09. The van der Waals surface area contributed by atoms with Crippen LogP contribution in [0.1, 0.15) is 27.2 Å². The number of nitrogens with one attached hydrogen (secondary N) is 1. The van der Waals surface area contributed by atoms with Crippen molar-refractivity contribution in [2.75, 3.05) is 27.3 Å². The Morgan fingerprint density at radius 3 is 2.19 bits per heavy atom. The highest BCUT2D eigenvalue weighted by Gasteiger charge is 2.27. The smallest absolute Gasteiger partial charge is 0.229 e. The lowest BCUT2D eigenvalue weighted by molar-refractivity contribution is -0.886. The molecule has 0 aliphatic rings. The second kappa shape index (κ2) is 5.30. The molecule has 0 bridgehead atoms. The van der Waals surface area contributed by atoms with Crippen molar-refractivity contribution in [3.63, 3.8) is 0 Å². The predicted molar refractivity (Wildman–Crippen MR) is 59.1 cm³/mol. The molecule has 0 aromatic rings. The van der Waals surface area contributed by atoms with Gasteiger partial charge in [-0.1, -0.05) is 20.8 Å². The third-order valence-corrected chi connectivity index (χ3v) is 2.72. The fourth-order valence-corrected chi connectivity index (χ4v) is 1.09. The Morgan fingerprint density at radius 1 is 1.31 bits per heavy atom. The van der Waals surface area contributed by atoms with Crippen molar-refractivity contribution >= 4 is 11.9 Å². The van der Waals surface area contributed by atoms with Crippen LogP contribution in [0.15, 0.2) is 0 Å². The minimum Gasteiger partial charge on any atom is -0.544 e. The third kappa shape index (κ3) is 5.11. The first kappa shape index (κ1) is 14.9. The molecule has 0 aliphatic heterocycles. The molecule has 1 amide bonds. The van der Waals surface area contributed by atoms with Crippen LogP contribution in [0.5, 0.6) is 0 Å². The van der Waals surface area contributed by atoms with E-state index in [4.69, 9.17) is 0 Å². The fraction of sp³-hybridized carbons (Fsp3) is 0.818. The molecule has 0 unspecified atom stereocenters. The second-order valence-electron chi connectivity index (χ2n) is 5.37. The number of hydrogen-bond acceptors (Lipinski definition) is 3. The van der Waals surface area contributed by atoms with Gasteiger partial charge >= 0.3 is 0 Å². The van der Waals surface area contributed by atoms with E-state index < -0.39 is 11.4 Å². The largest absolute Gasteiger partial charge is 0.544 e. The molecule has 0 spiro atoms. The van der Waals surface area contributed by atoms with Crippen molar-refractivity contribution < 1.29 is 19.2 Å². The first-order chi connectivity index (χ1) is 7.10. The molecule has 0 aliphatic carbocycles. The molecule has 0 radical (unpaired) electrons. The molecule has 5 nitrogen and oxygen atoms in total. The van der Waals surface area contributed by atoms with E-state index in [-0.39, 0.29) is 23.6 Å². The first-order valence-electron chi connectivity index (χ1n) is 5.41. The molecule has 0 fully saturated rings. The summed E-state index contributed by atoms with van der Waals surface area (Å²) in [5, 5.41) is 13.2. The highest BCUT2D eigenvalue weighted by atomic mass is 16.4. The van der Waals surface area contributed by atoms with Crippen LogP contribution in [0.3, 0.4) is 0 Å². The molecule has 0 saturated heterocycles. The van der Waals surface area contributed by atoms with Crippen LogP contribution in [0.2, 0.25) is 0 Å². The highest BCUT2D eigenvalue weighted by Crippen LogP contribution is 2.19. The van der Waals surface area contributed by atoms with E-state index in [2.05, 4.69) is 5.32 Å². The van der Waals surface area contributed by atoms with E-state index in [1.807, 2.05) is 20.8 Å². The Kier molecular flexibility index (Phi) is 4.93. The maximum Gasteiger partial charge on any atom is 0.229 e. The molecule has 0 atom stereocenters. The molecule has 0 heterocycles. The van der Waals surface area contributed by atoms with Gasteiger partial charge in [-0.2, -0.15) is 0 Å². The van der Waals surface area contributed by atoms with E-state index in [1.165, 1.54) is 0 Å². The number of quaternary nitrogens is 1. The van der Waals surface area contributed by atoms with Crippen LogP contribution in [-0.4, -0.2) is 43.7 Å². The summed E-state index contributed by atoms with van der Waals surface area (Å²) in [6.45, 7) is 5.84. The van der Waals surface area contributed by atoms with Gasteiger partial charge in [-0.15, -0.1) is 0 Å². The Bertz CT molecular complexity index is 272. The SMILES string of the molecule is CCC(C)(C)C(=O)NC[N+](C)(C)CC(=O)[O-]. The Hall–Kier alpha value is -1.10. The van der Waals surface area contributed by atoms with Gasteiger partial charge in [-0.3, -0.25) is 4.79 Å². The van der Waals surface area contributed by atoms with Crippen molar-refractivity contribution in [1.29, 1.82) is 0 Å². The molecule has 16 heavy (non-hydrogen) atoms. The zero-order valence-electron chi connectivity index (χ0n) is 10.8. The van der Waals surface area contributed by atoms with Gasteiger partial charge in [0, 0.05) is 5.41 Å². The number of hydrogen-bond donors (Lipinski definition) is 1. The van der Waals surface area contributed by atoms with E-state index in [9.17, 15) is 14.7 Å². The maximum atomic E-state index is 11.7. The van der Waals surface area contributed by atoms with Crippen LogP contribution in [0, 0.1) is 5.41 Å². The Balaban J connectivity index is 4.25. The van der Waals surface area contributed by atoms with Crippen LogP contribution in [0.25, 0.3) is 0 Å². The number of carbonyl (C=O) groups excluding carboxylic acids is 2. The van der Waals surface area contributed by atoms with E-state index in [0.29, 0.717) is 0 Å². The lowest BCUT2D eigenvalue weighted by Crippen LogP contribution is -2.55. The third-order valence-electron chi connectivity index (χ3n) is 2.72. The zero-order valence-corrected chi connectivity index (χ0v) is 10.8. The summed E-state index contributed by atoms with van der Waals surface area (Å²) in [6.07, 6.45) is 0.743. The molecular formula is C11H22N2O3. The monoisotopic (exact) mass is 230 g/mol. The standard InChI is InChI=1S/C11H22N2O3/c1-6-11(2,3)10(16)12-8-13(4,5)7-9(14)15/h6-8H2,1-5H3,(H-,12,14,15,16).